The van der Waals surface area contributed by atoms with Crippen LogP contribution < -0.4 is 10.1 Å². The van der Waals surface area contributed by atoms with E-state index in [4.69, 9.17) is 9.72 Å². The fraction of sp³-hybridized carbons (Fsp3) is 0.320. The predicted molar refractivity (Wildman–Crippen MR) is 130 cm³/mol. The molecular weight excluding hydrogens is 420 g/mol. The third-order valence-corrected chi connectivity index (χ3v) is 6.18. The van der Waals surface area contributed by atoms with Gasteiger partial charge in [-0.2, -0.15) is 9.78 Å². The Morgan fingerprint density at radius 3 is 2.62 bits per heavy atom. The lowest BCUT2D eigenvalue weighted by molar-refractivity contribution is 0.102. The lowest BCUT2D eigenvalue weighted by Gasteiger charge is -2.08. The molecule has 6 nitrogen and oxygen atoms in total. The van der Waals surface area contributed by atoms with Crippen molar-refractivity contribution in [3.8, 4) is 10.9 Å². The van der Waals surface area contributed by atoms with Crippen LogP contribution in [0.3, 0.4) is 0 Å². The Balaban J connectivity index is 1.52. The molecule has 0 aliphatic carbocycles. The minimum absolute atomic E-state index is 0.197. The maximum Gasteiger partial charge on any atom is 0.256 e. The molecule has 4 aromatic rings. The standard InChI is InChI=1S/C25H28N4O2S/c1-5-6-7-12-31-20-10-8-19(9-11-20)24(30)26-22-15-18(4)28-29(22)25-27-23-17(3)13-16(2)14-21(23)32-25/h8-11,13-15H,5-7,12H2,1-4H3,(H,26,30). The Hall–Kier alpha value is -3.19. The van der Waals surface area contributed by atoms with E-state index in [9.17, 15) is 4.79 Å². The van der Waals surface area contributed by atoms with Gasteiger partial charge in [-0.1, -0.05) is 37.2 Å². The number of anilines is 1. The zero-order valence-corrected chi connectivity index (χ0v) is 19.8. The SMILES string of the molecule is CCCCCOc1ccc(C(=O)Nc2cc(C)nn2-c2nc3c(C)cc(C)cc3s2)cc1. The molecule has 0 aliphatic rings. The Labute approximate surface area is 192 Å². The van der Waals surface area contributed by atoms with E-state index in [2.05, 4.69) is 43.3 Å². The van der Waals surface area contributed by atoms with Crippen LogP contribution in [-0.4, -0.2) is 27.3 Å². The second-order valence-electron chi connectivity index (χ2n) is 8.04. The first kappa shape index (κ1) is 22.0. The molecule has 4 rings (SSSR count). The molecule has 0 atom stereocenters. The first-order valence-electron chi connectivity index (χ1n) is 10.9. The van der Waals surface area contributed by atoms with Crippen LogP contribution in [0.1, 0.15) is 53.4 Å². The Kier molecular flexibility index (Phi) is 6.55. The summed E-state index contributed by atoms with van der Waals surface area (Å²) in [5, 5.41) is 8.28. The van der Waals surface area contributed by atoms with Gasteiger partial charge in [0, 0.05) is 11.6 Å². The number of aryl methyl sites for hydroxylation is 3. The van der Waals surface area contributed by atoms with Crippen LogP contribution in [0.15, 0.2) is 42.5 Å². The lowest BCUT2D eigenvalue weighted by atomic mass is 10.1. The van der Waals surface area contributed by atoms with Crippen LogP contribution in [0.4, 0.5) is 5.82 Å². The fourth-order valence-electron chi connectivity index (χ4n) is 3.62. The molecular formula is C25H28N4O2S. The topological polar surface area (TPSA) is 69.0 Å². The quantitative estimate of drug-likeness (QED) is 0.325. The summed E-state index contributed by atoms with van der Waals surface area (Å²) in [6, 6.07) is 13.3. The van der Waals surface area contributed by atoms with E-state index in [0.717, 1.165) is 51.6 Å². The van der Waals surface area contributed by atoms with E-state index in [0.29, 0.717) is 18.0 Å². The molecule has 166 valence electrons. The molecule has 0 bridgehead atoms. The number of ether oxygens (including phenoxy) is 1. The number of nitrogens with one attached hydrogen (secondary N) is 1. The number of carbonyl (C=O) groups excluding carboxylic acids is 1. The zero-order valence-electron chi connectivity index (χ0n) is 18.9. The third-order valence-electron chi connectivity index (χ3n) is 5.21. The number of nitrogens with zero attached hydrogens (tertiary/aromatic N) is 3. The highest BCUT2D eigenvalue weighted by atomic mass is 32.1. The number of carbonyl (C=O) groups is 1. The smallest absolute Gasteiger partial charge is 0.256 e. The number of amides is 1. The van der Waals surface area contributed by atoms with Gasteiger partial charge in [0.25, 0.3) is 5.91 Å². The van der Waals surface area contributed by atoms with Crippen molar-refractivity contribution in [1.29, 1.82) is 0 Å². The molecule has 0 aliphatic heterocycles. The number of thiazole rings is 1. The summed E-state index contributed by atoms with van der Waals surface area (Å²) >= 11 is 1.56. The molecule has 0 unspecified atom stereocenters. The summed E-state index contributed by atoms with van der Waals surface area (Å²) in [6.45, 7) is 8.91. The van der Waals surface area contributed by atoms with E-state index in [1.54, 1.807) is 28.2 Å². The molecule has 32 heavy (non-hydrogen) atoms. The van der Waals surface area contributed by atoms with Crippen molar-refractivity contribution >= 4 is 33.3 Å². The molecule has 0 fully saturated rings. The van der Waals surface area contributed by atoms with Gasteiger partial charge in [-0.3, -0.25) is 4.79 Å². The highest BCUT2D eigenvalue weighted by Crippen LogP contribution is 2.30. The van der Waals surface area contributed by atoms with Gasteiger partial charge in [0.2, 0.25) is 5.13 Å². The van der Waals surface area contributed by atoms with Gasteiger partial charge < -0.3 is 10.1 Å². The molecule has 2 aromatic carbocycles. The van der Waals surface area contributed by atoms with E-state index in [1.165, 1.54) is 5.56 Å². The van der Waals surface area contributed by atoms with Crippen LogP contribution >= 0.6 is 11.3 Å². The van der Waals surface area contributed by atoms with Crippen molar-refractivity contribution in [2.75, 3.05) is 11.9 Å². The highest BCUT2D eigenvalue weighted by Gasteiger charge is 2.16. The largest absolute Gasteiger partial charge is 0.494 e. The van der Waals surface area contributed by atoms with Crippen molar-refractivity contribution in [3.63, 3.8) is 0 Å². The summed E-state index contributed by atoms with van der Waals surface area (Å²) < 4.78 is 8.55. The van der Waals surface area contributed by atoms with Crippen LogP contribution in [0.5, 0.6) is 5.75 Å². The summed E-state index contributed by atoms with van der Waals surface area (Å²) in [5.41, 5.74) is 4.67. The first-order valence-corrected chi connectivity index (χ1v) is 11.8. The zero-order chi connectivity index (χ0) is 22.7. The Morgan fingerprint density at radius 1 is 1.09 bits per heavy atom. The number of hydrogen-bond donors (Lipinski definition) is 1. The van der Waals surface area contributed by atoms with Crippen LogP contribution in [0.2, 0.25) is 0 Å². The second kappa shape index (κ2) is 9.53. The van der Waals surface area contributed by atoms with Gasteiger partial charge >= 0.3 is 0 Å². The number of unbranched alkanes of at least 4 members (excludes halogenated alkanes) is 2. The number of aromatic nitrogens is 3. The normalized spacial score (nSPS) is 11.1. The average molecular weight is 449 g/mol. The van der Waals surface area contributed by atoms with E-state index in [1.807, 2.05) is 25.1 Å². The maximum atomic E-state index is 12.9. The maximum absolute atomic E-state index is 12.9. The van der Waals surface area contributed by atoms with Gasteiger partial charge in [-0.15, -0.1) is 0 Å². The van der Waals surface area contributed by atoms with Gasteiger partial charge in [-0.05, 0) is 68.7 Å². The summed E-state index contributed by atoms with van der Waals surface area (Å²) in [4.78, 5) is 17.7. The highest BCUT2D eigenvalue weighted by molar-refractivity contribution is 7.20. The van der Waals surface area contributed by atoms with E-state index in [-0.39, 0.29) is 5.91 Å². The summed E-state index contributed by atoms with van der Waals surface area (Å²) in [6.07, 6.45) is 3.35. The van der Waals surface area contributed by atoms with E-state index < -0.39 is 0 Å². The third kappa shape index (κ3) is 4.83. The van der Waals surface area contributed by atoms with Gasteiger partial charge in [0.05, 0.1) is 22.5 Å². The average Bonchev–Trinajstić information content (AvgIpc) is 3.35. The lowest BCUT2D eigenvalue weighted by Crippen LogP contribution is -2.15. The predicted octanol–water partition coefficient (Wildman–Crippen LogP) is 6.23. The minimum Gasteiger partial charge on any atom is -0.494 e. The number of hydrogen-bond acceptors (Lipinski definition) is 5. The van der Waals surface area contributed by atoms with Crippen molar-refractivity contribution in [1.82, 2.24) is 14.8 Å². The van der Waals surface area contributed by atoms with Crippen molar-refractivity contribution < 1.29 is 9.53 Å². The fourth-order valence-corrected chi connectivity index (χ4v) is 4.72. The van der Waals surface area contributed by atoms with Crippen molar-refractivity contribution in [2.45, 2.75) is 47.0 Å². The molecule has 2 heterocycles. The molecule has 1 amide bonds. The van der Waals surface area contributed by atoms with E-state index >= 15 is 0 Å². The molecule has 0 spiro atoms. The minimum atomic E-state index is -0.197. The number of rotatable bonds is 8. The van der Waals surface area contributed by atoms with Crippen molar-refractivity contribution in [3.05, 3.63) is 64.8 Å². The molecule has 0 radical (unpaired) electrons. The Bertz CT molecular complexity index is 1240. The molecule has 0 saturated heterocycles. The first-order chi connectivity index (χ1) is 15.4. The van der Waals surface area contributed by atoms with Crippen LogP contribution in [0.25, 0.3) is 15.3 Å². The summed E-state index contributed by atoms with van der Waals surface area (Å²) in [5.74, 6) is 1.18. The van der Waals surface area contributed by atoms with Crippen LogP contribution in [0, 0.1) is 20.8 Å². The second-order valence-corrected chi connectivity index (χ2v) is 9.05. The Morgan fingerprint density at radius 2 is 1.88 bits per heavy atom. The van der Waals surface area contributed by atoms with Gasteiger partial charge in [0.1, 0.15) is 11.6 Å². The number of benzene rings is 2. The van der Waals surface area contributed by atoms with Gasteiger partial charge in [0.15, 0.2) is 0 Å². The summed E-state index contributed by atoms with van der Waals surface area (Å²) in [7, 11) is 0. The molecule has 2 aromatic heterocycles. The number of fused-ring (bicyclic) bond motifs is 1. The van der Waals surface area contributed by atoms with Crippen molar-refractivity contribution in [2.24, 2.45) is 0 Å². The molecule has 7 heteroatoms. The molecule has 1 N–H and O–H groups in total. The monoisotopic (exact) mass is 448 g/mol. The van der Waals surface area contributed by atoms with Gasteiger partial charge in [-0.25, -0.2) is 4.98 Å². The van der Waals surface area contributed by atoms with Crippen LogP contribution in [-0.2, 0) is 0 Å². The molecule has 0 saturated carbocycles.